The summed E-state index contributed by atoms with van der Waals surface area (Å²) in [7, 11) is 0. The lowest BCUT2D eigenvalue weighted by atomic mass is 9.47. The molecule has 4 saturated carbocycles. The van der Waals surface area contributed by atoms with E-state index in [1.807, 2.05) is 0 Å². The van der Waals surface area contributed by atoms with Crippen molar-refractivity contribution in [1.29, 1.82) is 0 Å². The number of carbonyl (C=O) groups excluding carboxylic acids is 1. The van der Waals surface area contributed by atoms with Crippen LogP contribution in [0.15, 0.2) is 0 Å². The van der Waals surface area contributed by atoms with Crippen LogP contribution in [0, 0.1) is 23.2 Å². The Balaban J connectivity index is 1.67. The highest BCUT2D eigenvalue weighted by atomic mass is 16.2. The Hall–Kier alpha value is -0.730. The van der Waals surface area contributed by atoms with E-state index in [-0.39, 0.29) is 12.1 Å². The Morgan fingerprint density at radius 3 is 1.95 bits per heavy atom. The second kappa shape index (κ2) is 5.81. The highest BCUT2D eigenvalue weighted by Crippen LogP contribution is 2.61. The van der Waals surface area contributed by atoms with Crippen molar-refractivity contribution in [2.75, 3.05) is 0 Å². The molecule has 4 aliphatic carbocycles. The summed E-state index contributed by atoms with van der Waals surface area (Å²) in [5.41, 5.74) is 0.413. The van der Waals surface area contributed by atoms with Gasteiger partial charge in [-0.2, -0.15) is 0 Å². The molecular formula is C18H32N2O. The molecule has 0 aliphatic heterocycles. The normalized spacial score (nSPS) is 39.9. The average molecular weight is 292 g/mol. The number of carbonyl (C=O) groups is 1. The fraction of sp³-hybridized carbons (Fsp3) is 0.944. The molecule has 3 nitrogen and oxygen atoms in total. The van der Waals surface area contributed by atoms with Crippen LogP contribution in [0.25, 0.3) is 0 Å². The Labute approximate surface area is 129 Å². The van der Waals surface area contributed by atoms with Crippen LogP contribution in [0.3, 0.4) is 0 Å². The number of nitrogens with one attached hydrogen (secondary N) is 2. The smallest absolute Gasteiger partial charge is 0.315 e. The summed E-state index contributed by atoms with van der Waals surface area (Å²) < 4.78 is 0. The molecule has 0 aromatic carbocycles. The Morgan fingerprint density at radius 1 is 1.00 bits per heavy atom. The number of hydrogen-bond donors (Lipinski definition) is 2. The van der Waals surface area contributed by atoms with E-state index in [0.29, 0.717) is 11.5 Å². The lowest BCUT2D eigenvalue weighted by Gasteiger charge is -2.59. The zero-order valence-corrected chi connectivity index (χ0v) is 14.0. The molecule has 0 heterocycles. The maximum Gasteiger partial charge on any atom is 0.315 e. The van der Waals surface area contributed by atoms with E-state index in [2.05, 4.69) is 31.4 Å². The van der Waals surface area contributed by atoms with Crippen LogP contribution in [0.5, 0.6) is 0 Å². The first-order valence-corrected chi connectivity index (χ1v) is 9.11. The fourth-order valence-corrected chi connectivity index (χ4v) is 5.82. The lowest BCUT2D eigenvalue weighted by molar-refractivity contribution is -0.0721. The molecule has 2 amide bonds. The topological polar surface area (TPSA) is 41.1 Å². The van der Waals surface area contributed by atoms with Gasteiger partial charge >= 0.3 is 6.03 Å². The molecule has 2 N–H and O–H groups in total. The van der Waals surface area contributed by atoms with E-state index in [1.165, 1.54) is 38.5 Å². The van der Waals surface area contributed by atoms with Crippen molar-refractivity contribution < 1.29 is 4.79 Å². The van der Waals surface area contributed by atoms with Gasteiger partial charge in [0.25, 0.3) is 0 Å². The zero-order chi connectivity index (χ0) is 15.0. The van der Waals surface area contributed by atoms with E-state index in [1.54, 1.807) is 0 Å². The van der Waals surface area contributed by atoms with Crippen LogP contribution < -0.4 is 10.6 Å². The second-order valence-electron chi connectivity index (χ2n) is 8.17. The van der Waals surface area contributed by atoms with Gasteiger partial charge in [0.15, 0.2) is 0 Å². The molecule has 4 fully saturated rings. The van der Waals surface area contributed by atoms with E-state index in [0.717, 1.165) is 30.6 Å². The molecule has 3 heteroatoms. The van der Waals surface area contributed by atoms with Crippen LogP contribution in [0.2, 0.25) is 0 Å². The van der Waals surface area contributed by atoms with Gasteiger partial charge in [0.05, 0.1) is 0 Å². The molecule has 4 bridgehead atoms. The predicted octanol–water partition coefficient (Wildman–Crippen LogP) is 4.08. The van der Waals surface area contributed by atoms with Gasteiger partial charge < -0.3 is 10.6 Å². The monoisotopic (exact) mass is 292 g/mol. The van der Waals surface area contributed by atoms with Crippen molar-refractivity contribution in [2.24, 2.45) is 23.2 Å². The van der Waals surface area contributed by atoms with E-state index in [9.17, 15) is 4.79 Å². The minimum atomic E-state index is 0.0481. The largest absolute Gasteiger partial charge is 0.336 e. The van der Waals surface area contributed by atoms with Crippen LogP contribution >= 0.6 is 0 Å². The highest BCUT2D eigenvalue weighted by molar-refractivity contribution is 5.74. The van der Waals surface area contributed by atoms with Crippen molar-refractivity contribution in [2.45, 2.75) is 84.2 Å². The van der Waals surface area contributed by atoms with Crippen LogP contribution in [-0.2, 0) is 0 Å². The molecule has 4 aliphatic rings. The third kappa shape index (κ3) is 2.93. The Morgan fingerprint density at radius 2 is 1.52 bits per heavy atom. The third-order valence-electron chi connectivity index (χ3n) is 6.53. The first-order valence-electron chi connectivity index (χ1n) is 9.11. The maximum atomic E-state index is 12.3. The number of hydrogen-bond acceptors (Lipinski definition) is 1. The molecule has 0 saturated heterocycles. The van der Waals surface area contributed by atoms with Crippen LogP contribution in [-0.4, -0.2) is 18.1 Å². The molecule has 0 aromatic rings. The molecule has 120 valence electrons. The summed E-state index contributed by atoms with van der Waals surface area (Å²) in [5.74, 6) is 2.85. The minimum absolute atomic E-state index is 0.0481. The Kier molecular flexibility index (Phi) is 4.20. The van der Waals surface area contributed by atoms with Crippen molar-refractivity contribution in [3.05, 3.63) is 0 Å². The van der Waals surface area contributed by atoms with Gasteiger partial charge in [-0.3, -0.25) is 0 Å². The minimum Gasteiger partial charge on any atom is -0.336 e. The zero-order valence-electron chi connectivity index (χ0n) is 14.0. The number of rotatable bonds is 5. The maximum absolute atomic E-state index is 12.3. The fourth-order valence-electron chi connectivity index (χ4n) is 5.82. The van der Waals surface area contributed by atoms with E-state index >= 15 is 0 Å². The lowest BCUT2D eigenvalue weighted by Crippen LogP contribution is -2.58. The van der Waals surface area contributed by atoms with Crippen molar-refractivity contribution >= 4 is 6.03 Å². The SMILES string of the molecule is CC[C@@H](C)NC(=O)N[C@@H](CC)C12CC3CC(CC(C3)C1)C2. The molecule has 0 spiro atoms. The summed E-state index contributed by atoms with van der Waals surface area (Å²) in [6, 6.07) is 0.681. The third-order valence-corrected chi connectivity index (χ3v) is 6.53. The predicted molar refractivity (Wildman–Crippen MR) is 86.1 cm³/mol. The molecular weight excluding hydrogens is 260 g/mol. The first-order chi connectivity index (χ1) is 10.0. The van der Waals surface area contributed by atoms with Crippen molar-refractivity contribution in [1.82, 2.24) is 10.6 Å². The second-order valence-corrected chi connectivity index (χ2v) is 8.17. The van der Waals surface area contributed by atoms with Crippen LogP contribution in [0.4, 0.5) is 4.79 Å². The van der Waals surface area contributed by atoms with Gasteiger partial charge in [-0.15, -0.1) is 0 Å². The number of amides is 2. The molecule has 0 radical (unpaired) electrons. The Bertz CT molecular complexity index is 357. The van der Waals surface area contributed by atoms with Crippen LogP contribution in [0.1, 0.15) is 72.1 Å². The summed E-state index contributed by atoms with van der Waals surface area (Å²) in [5, 5.41) is 6.42. The molecule has 0 aromatic heterocycles. The van der Waals surface area contributed by atoms with E-state index < -0.39 is 0 Å². The first kappa shape index (κ1) is 15.2. The molecule has 21 heavy (non-hydrogen) atoms. The van der Waals surface area contributed by atoms with Gasteiger partial charge in [0.1, 0.15) is 0 Å². The standard InChI is InChI=1S/C18H32N2O/c1-4-12(3)19-17(21)20-16(5-2)18-9-13-6-14(10-18)8-15(7-13)11-18/h12-16H,4-11H2,1-3H3,(H2,19,20,21)/t12-,13?,14?,15?,16+,18?/m1/s1. The molecule has 4 rings (SSSR count). The van der Waals surface area contributed by atoms with Gasteiger partial charge in [0, 0.05) is 12.1 Å². The summed E-state index contributed by atoms with van der Waals surface area (Å²) in [4.78, 5) is 12.3. The molecule has 0 unspecified atom stereocenters. The van der Waals surface area contributed by atoms with Crippen molar-refractivity contribution in [3.63, 3.8) is 0 Å². The van der Waals surface area contributed by atoms with Gasteiger partial charge in [-0.1, -0.05) is 13.8 Å². The molecule has 2 atom stereocenters. The summed E-state index contributed by atoms with van der Waals surface area (Å²) >= 11 is 0. The quantitative estimate of drug-likeness (QED) is 0.787. The summed E-state index contributed by atoms with van der Waals surface area (Å²) in [6.45, 7) is 6.43. The highest BCUT2D eigenvalue weighted by Gasteiger charge is 2.54. The van der Waals surface area contributed by atoms with Gasteiger partial charge in [-0.25, -0.2) is 4.79 Å². The van der Waals surface area contributed by atoms with E-state index in [4.69, 9.17) is 0 Å². The number of urea groups is 1. The van der Waals surface area contributed by atoms with Gasteiger partial charge in [-0.05, 0) is 81.5 Å². The van der Waals surface area contributed by atoms with Gasteiger partial charge in [0.2, 0.25) is 0 Å². The average Bonchev–Trinajstić information content (AvgIpc) is 2.42. The van der Waals surface area contributed by atoms with Crippen molar-refractivity contribution in [3.8, 4) is 0 Å². The summed E-state index contributed by atoms with van der Waals surface area (Å²) in [6.07, 6.45) is 10.5.